The van der Waals surface area contributed by atoms with Crippen LogP contribution in [0.5, 0.6) is 11.6 Å². The molecule has 3 N–H and O–H groups in total. The van der Waals surface area contributed by atoms with E-state index in [0.717, 1.165) is 36.4 Å². The van der Waals surface area contributed by atoms with Gasteiger partial charge in [-0.3, -0.25) is 9.89 Å². The fourth-order valence-electron chi connectivity index (χ4n) is 2.81. The van der Waals surface area contributed by atoms with Crippen molar-refractivity contribution in [2.45, 2.75) is 13.0 Å². The first-order valence-electron chi connectivity index (χ1n) is 8.27. The number of benzene rings is 1. The lowest BCUT2D eigenvalue weighted by molar-refractivity contribution is 0.102. The number of hydrogen-bond donors (Lipinski definition) is 3. The van der Waals surface area contributed by atoms with Gasteiger partial charge in [0.15, 0.2) is 17.3 Å². The number of ether oxygens (including phenoxy) is 1. The zero-order valence-electron chi connectivity index (χ0n) is 14.1. The molecule has 1 aromatic carbocycles. The Morgan fingerprint density at radius 2 is 2.11 bits per heavy atom. The number of hydrogen-bond acceptors (Lipinski definition) is 5. The number of nitrogens with zero attached hydrogens (tertiary/aromatic N) is 2. The van der Waals surface area contributed by atoms with Crippen molar-refractivity contribution in [2.24, 2.45) is 0 Å². The molecule has 0 saturated heterocycles. The maximum absolute atomic E-state index is 13.6. The van der Waals surface area contributed by atoms with E-state index in [1.165, 1.54) is 18.3 Å². The van der Waals surface area contributed by atoms with E-state index in [0.29, 0.717) is 17.9 Å². The third kappa shape index (κ3) is 3.63. The number of pyridine rings is 1. The third-order valence-corrected chi connectivity index (χ3v) is 4.12. The maximum Gasteiger partial charge on any atom is 0.276 e. The average Bonchev–Trinajstić information content (AvgIpc) is 3.10. The second-order valence-corrected chi connectivity index (χ2v) is 5.97. The number of amides is 1. The number of aromatic amines is 1. The second kappa shape index (κ2) is 7.12. The summed E-state index contributed by atoms with van der Waals surface area (Å²) >= 11 is 0. The molecule has 3 heterocycles. The van der Waals surface area contributed by atoms with Gasteiger partial charge in [0.2, 0.25) is 5.88 Å². The van der Waals surface area contributed by atoms with Crippen molar-refractivity contribution < 1.29 is 18.3 Å². The second-order valence-electron chi connectivity index (χ2n) is 5.97. The Balaban J connectivity index is 1.45. The number of anilines is 1. The SMILES string of the molecule is O=C(Nc1ccc(Oc2ccc(F)cc2F)nc1)c1n[nH]c2c1CCNC2. The van der Waals surface area contributed by atoms with Gasteiger partial charge in [0.25, 0.3) is 5.91 Å². The molecule has 27 heavy (non-hydrogen) atoms. The van der Waals surface area contributed by atoms with Gasteiger partial charge < -0.3 is 15.4 Å². The fourth-order valence-corrected chi connectivity index (χ4v) is 2.81. The highest BCUT2D eigenvalue weighted by Crippen LogP contribution is 2.24. The molecule has 0 aliphatic carbocycles. The third-order valence-electron chi connectivity index (χ3n) is 4.12. The highest BCUT2D eigenvalue weighted by atomic mass is 19.1. The number of H-pyrrole nitrogens is 1. The van der Waals surface area contributed by atoms with Gasteiger partial charge in [-0.25, -0.2) is 13.8 Å². The van der Waals surface area contributed by atoms with Crippen LogP contribution in [0.1, 0.15) is 21.7 Å². The maximum atomic E-state index is 13.6. The van der Waals surface area contributed by atoms with Crippen molar-refractivity contribution >= 4 is 11.6 Å². The highest BCUT2D eigenvalue weighted by molar-refractivity contribution is 6.04. The highest BCUT2D eigenvalue weighted by Gasteiger charge is 2.21. The molecular weight excluding hydrogens is 356 g/mol. The topological polar surface area (TPSA) is 91.9 Å². The van der Waals surface area contributed by atoms with Gasteiger partial charge in [-0.15, -0.1) is 0 Å². The van der Waals surface area contributed by atoms with Crippen molar-refractivity contribution in [2.75, 3.05) is 11.9 Å². The van der Waals surface area contributed by atoms with E-state index in [1.807, 2.05) is 0 Å². The van der Waals surface area contributed by atoms with Crippen molar-refractivity contribution in [1.82, 2.24) is 20.5 Å². The lowest BCUT2D eigenvalue weighted by atomic mass is 10.1. The van der Waals surface area contributed by atoms with E-state index in [4.69, 9.17) is 4.74 Å². The van der Waals surface area contributed by atoms with Crippen LogP contribution in [0.2, 0.25) is 0 Å². The quantitative estimate of drug-likeness (QED) is 0.656. The summed E-state index contributed by atoms with van der Waals surface area (Å²) in [6.07, 6.45) is 2.11. The Morgan fingerprint density at radius 1 is 1.22 bits per heavy atom. The number of rotatable bonds is 4. The number of halogens is 2. The summed E-state index contributed by atoms with van der Waals surface area (Å²) in [4.78, 5) is 16.5. The summed E-state index contributed by atoms with van der Waals surface area (Å²) in [7, 11) is 0. The first-order valence-corrected chi connectivity index (χ1v) is 8.27. The minimum Gasteiger partial charge on any atom is -0.436 e. The summed E-state index contributed by atoms with van der Waals surface area (Å²) in [5, 5.41) is 12.9. The first-order chi connectivity index (χ1) is 13.1. The molecule has 1 amide bonds. The molecule has 0 spiro atoms. The van der Waals surface area contributed by atoms with Crippen molar-refractivity contribution in [3.8, 4) is 11.6 Å². The van der Waals surface area contributed by atoms with Crippen LogP contribution in [0.4, 0.5) is 14.5 Å². The Kier molecular flexibility index (Phi) is 4.51. The number of aromatic nitrogens is 3. The number of fused-ring (bicyclic) bond motifs is 1. The van der Waals surface area contributed by atoms with Gasteiger partial charge in [-0.05, 0) is 31.2 Å². The Hall–Kier alpha value is -3.33. The first kappa shape index (κ1) is 17.1. The van der Waals surface area contributed by atoms with Crippen LogP contribution in [0.3, 0.4) is 0 Å². The summed E-state index contributed by atoms with van der Waals surface area (Å²) in [6, 6.07) is 6.04. The van der Waals surface area contributed by atoms with Crippen LogP contribution in [0.15, 0.2) is 36.5 Å². The Bertz CT molecular complexity index is 988. The molecule has 7 nitrogen and oxygen atoms in total. The molecule has 0 unspecified atom stereocenters. The largest absolute Gasteiger partial charge is 0.436 e. The van der Waals surface area contributed by atoms with Crippen molar-refractivity contribution in [3.05, 3.63) is 65.1 Å². The molecule has 1 aliphatic rings. The minimum atomic E-state index is -0.827. The van der Waals surface area contributed by atoms with E-state index < -0.39 is 11.6 Å². The molecule has 0 saturated carbocycles. The predicted octanol–water partition coefficient (Wildman–Crippen LogP) is 2.77. The number of carbonyl (C=O) groups excluding carboxylic acids is 1. The Labute approximate surface area is 152 Å². The van der Waals surface area contributed by atoms with E-state index in [9.17, 15) is 13.6 Å². The van der Waals surface area contributed by atoms with Gasteiger partial charge in [0.05, 0.1) is 17.6 Å². The van der Waals surface area contributed by atoms with E-state index in [-0.39, 0.29) is 17.5 Å². The fraction of sp³-hybridized carbons (Fsp3) is 0.167. The molecule has 3 aromatic rings. The summed E-state index contributed by atoms with van der Waals surface area (Å²) < 4.78 is 31.8. The zero-order chi connectivity index (χ0) is 18.8. The van der Waals surface area contributed by atoms with Crippen LogP contribution >= 0.6 is 0 Å². The molecule has 138 valence electrons. The molecule has 0 atom stereocenters. The van der Waals surface area contributed by atoms with Gasteiger partial charge in [0, 0.05) is 24.2 Å². The van der Waals surface area contributed by atoms with E-state index >= 15 is 0 Å². The predicted molar refractivity (Wildman–Crippen MR) is 92.6 cm³/mol. The number of nitrogens with one attached hydrogen (secondary N) is 3. The van der Waals surface area contributed by atoms with Crippen LogP contribution in [0, 0.1) is 11.6 Å². The van der Waals surface area contributed by atoms with Crippen molar-refractivity contribution in [1.29, 1.82) is 0 Å². The van der Waals surface area contributed by atoms with Crippen LogP contribution in [-0.4, -0.2) is 27.6 Å². The standard InChI is InChI=1S/C18H15F2N5O2/c19-10-1-3-15(13(20)7-10)27-16-4-2-11(8-22-16)23-18(26)17-12-5-6-21-9-14(12)24-25-17/h1-4,7-8,21H,5-6,9H2,(H,23,26)(H,24,25). The molecule has 1 aliphatic heterocycles. The number of carbonyl (C=O) groups is 1. The lowest BCUT2D eigenvalue weighted by Gasteiger charge is -2.12. The van der Waals surface area contributed by atoms with Gasteiger partial charge in [0.1, 0.15) is 5.82 Å². The van der Waals surface area contributed by atoms with Gasteiger partial charge >= 0.3 is 0 Å². The average molecular weight is 371 g/mol. The van der Waals surface area contributed by atoms with Gasteiger partial charge in [-0.1, -0.05) is 0 Å². The lowest BCUT2D eigenvalue weighted by Crippen LogP contribution is -2.25. The zero-order valence-corrected chi connectivity index (χ0v) is 14.1. The monoisotopic (exact) mass is 371 g/mol. The molecular formula is C18H15F2N5O2. The van der Waals surface area contributed by atoms with Crippen LogP contribution < -0.4 is 15.4 Å². The van der Waals surface area contributed by atoms with E-state index in [1.54, 1.807) is 6.07 Å². The summed E-state index contributed by atoms with van der Waals surface area (Å²) in [6.45, 7) is 1.45. The van der Waals surface area contributed by atoms with Crippen LogP contribution in [-0.2, 0) is 13.0 Å². The minimum absolute atomic E-state index is 0.113. The molecule has 0 fully saturated rings. The molecule has 9 heteroatoms. The van der Waals surface area contributed by atoms with E-state index in [2.05, 4.69) is 25.8 Å². The molecule has 0 bridgehead atoms. The molecule has 2 aromatic heterocycles. The van der Waals surface area contributed by atoms with Crippen LogP contribution in [0.25, 0.3) is 0 Å². The normalized spacial score (nSPS) is 13.1. The molecule has 0 radical (unpaired) electrons. The smallest absolute Gasteiger partial charge is 0.276 e. The van der Waals surface area contributed by atoms with Crippen molar-refractivity contribution in [3.63, 3.8) is 0 Å². The van der Waals surface area contributed by atoms with Gasteiger partial charge in [-0.2, -0.15) is 5.10 Å². The summed E-state index contributed by atoms with van der Waals surface area (Å²) in [5.41, 5.74) is 2.62. The summed E-state index contributed by atoms with van der Waals surface area (Å²) in [5.74, 6) is -1.89. The Morgan fingerprint density at radius 3 is 2.89 bits per heavy atom. The molecule has 4 rings (SSSR count).